The summed E-state index contributed by atoms with van der Waals surface area (Å²) in [5.74, 6) is 0. The second kappa shape index (κ2) is 22.2. The number of anilines is 6. The van der Waals surface area contributed by atoms with Crippen LogP contribution in [-0.2, 0) is 0 Å². The minimum atomic E-state index is -0.187. The van der Waals surface area contributed by atoms with E-state index in [1.54, 1.807) is 0 Å². The van der Waals surface area contributed by atoms with Crippen molar-refractivity contribution in [3.63, 3.8) is 0 Å². The Morgan fingerprint density at radius 3 is 0.564 bits per heavy atom. The van der Waals surface area contributed by atoms with E-state index in [0.29, 0.717) is 20.0 Å². The van der Waals surface area contributed by atoms with Gasteiger partial charge in [0.05, 0.1) is 34.1 Å². The van der Waals surface area contributed by atoms with Gasteiger partial charge in [-0.15, -0.1) is 0 Å². The zero-order chi connectivity index (χ0) is 52.0. The predicted octanol–water partition coefficient (Wildman–Crippen LogP) is 12.7. The van der Waals surface area contributed by atoms with Gasteiger partial charge in [0.15, 0.2) is 0 Å². The number of nitrogens with one attached hydrogen (secondary N) is 6. The highest BCUT2D eigenvalue weighted by atomic mass is 15.7. The average Bonchev–Trinajstić information content (AvgIpc) is 3.55. The maximum atomic E-state index is 3.76. The van der Waals surface area contributed by atoms with Crippen LogP contribution in [0.4, 0.5) is 34.1 Å². The zero-order valence-electron chi connectivity index (χ0n) is 43.0. The van der Waals surface area contributed by atoms with Crippen LogP contribution in [0.25, 0.3) is 33.4 Å². The first-order chi connectivity index (χ1) is 38.6. The van der Waals surface area contributed by atoms with Crippen molar-refractivity contribution in [1.29, 1.82) is 0 Å². The van der Waals surface area contributed by atoms with Crippen LogP contribution in [0.2, 0.25) is 0 Å². The molecule has 3 saturated heterocycles. The molecule has 0 atom stereocenters. The van der Waals surface area contributed by atoms with Gasteiger partial charge in [-0.2, -0.15) is 0 Å². The van der Waals surface area contributed by atoms with E-state index >= 15 is 0 Å². The molecule has 10 aromatic rings. The molecule has 0 radical (unpaired) electrons. The summed E-state index contributed by atoms with van der Waals surface area (Å²) >= 11 is 0. The smallest absolute Gasteiger partial charge is 0.120 e. The molecule has 13 rings (SSSR count). The quantitative estimate of drug-likeness (QED) is 0.0704. The summed E-state index contributed by atoms with van der Waals surface area (Å²) in [7, 11) is 0. The largest absolute Gasteiger partial charge is 0.286 e. The highest BCUT2D eigenvalue weighted by molar-refractivity contribution is 5.81. The lowest BCUT2D eigenvalue weighted by Gasteiger charge is -2.43. The van der Waals surface area contributed by atoms with Crippen molar-refractivity contribution in [2.24, 2.45) is 0 Å². The van der Waals surface area contributed by atoms with Crippen LogP contribution in [0.1, 0.15) is 35.2 Å². The third-order valence-electron chi connectivity index (χ3n) is 14.6. The van der Waals surface area contributed by atoms with Crippen molar-refractivity contribution >= 4 is 34.1 Å². The summed E-state index contributed by atoms with van der Waals surface area (Å²) in [6, 6.07) is 96.8. The molecule has 0 unspecified atom stereocenters. The minimum absolute atomic E-state index is 0.187. The molecule has 0 amide bonds. The second-order valence-corrected chi connectivity index (χ2v) is 19.7. The van der Waals surface area contributed by atoms with Crippen LogP contribution >= 0.6 is 0 Å². The minimum Gasteiger partial charge on any atom is -0.286 e. The lowest BCUT2D eigenvalue weighted by molar-refractivity contribution is 0.348. The molecule has 3 heterocycles. The molecule has 12 nitrogen and oxygen atoms in total. The molecular weight excluding hydrogens is 961 g/mol. The van der Waals surface area contributed by atoms with Gasteiger partial charge >= 0.3 is 0 Å². The summed E-state index contributed by atoms with van der Waals surface area (Å²) in [4.78, 5) is 0. The van der Waals surface area contributed by atoms with Crippen LogP contribution in [0.3, 0.4) is 0 Å². The molecule has 0 spiro atoms. The van der Waals surface area contributed by atoms with Crippen molar-refractivity contribution in [1.82, 2.24) is 32.6 Å². The van der Waals surface area contributed by atoms with Gasteiger partial charge < -0.3 is 0 Å². The van der Waals surface area contributed by atoms with Crippen LogP contribution in [0, 0.1) is 0 Å². The normalized spacial score (nSPS) is 15.7. The number of hydrogen-bond donors (Lipinski definition) is 6. The molecule has 12 heteroatoms. The molecule has 3 fully saturated rings. The van der Waals surface area contributed by atoms with E-state index in [-0.39, 0.29) is 18.5 Å². The second-order valence-electron chi connectivity index (χ2n) is 19.7. The third kappa shape index (κ3) is 10.6. The lowest BCUT2D eigenvalue weighted by Crippen LogP contribution is -2.62. The standard InChI is InChI=1S/C66H60N12/c1-7-19-58(20-8-1)73-46-74(59-21-9-2-10-22-59)68-64(67-73)52-37-31-49(32-38-52)55-43-56(50-33-39-53(40-34-50)65-69-75(60-23-11-3-12-24-60)47-76(70-65)61-25-13-4-14-26-61)45-57(44-55)51-35-41-54(42-36-51)66-71-77(62-27-15-5-16-28-62)48-78(72-66)63-29-17-6-18-30-63/h1-45,64-72H,46-48H2. The SMILES string of the molecule is c1ccc(N2CN(c3ccccc3)NC(c3ccc(-c4cc(-c5ccc(C6NN(c7ccccc7)CN(c7ccccc7)N6)cc5)cc(-c5ccc(C6NN(c7ccccc7)CN(c7ccccc7)N6)cc5)c4)cc3)N2)cc1. The molecular formula is C66H60N12. The fourth-order valence-corrected chi connectivity index (χ4v) is 10.5. The van der Waals surface area contributed by atoms with Gasteiger partial charge in [0.1, 0.15) is 38.5 Å². The van der Waals surface area contributed by atoms with Gasteiger partial charge in [-0.05, 0) is 141 Å². The van der Waals surface area contributed by atoms with Gasteiger partial charge in [-0.25, -0.2) is 32.6 Å². The molecule has 0 aromatic heterocycles. The summed E-state index contributed by atoms with van der Waals surface area (Å²) in [6.45, 7) is 1.87. The van der Waals surface area contributed by atoms with Crippen LogP contribution in [0.5, 0.6) is 0 Å². The Bertz CT molecular complexity index is 2990. The van der Waals surface area contributed by atoms with Crippen LogP contribution < -0.4 is 62.6 Å². The molecule has 0 saturated carbocycles. The van der Waals surface area contributed by atoms with Crippen molar-refractivity contribution in [2.75, 3.05) is 50.1 Å². The summed E-state index contributed by atoms with van der Waals surface area (Å²) < 4.78 is 0. The molecule has 3 aliphatic heterocycles. The number of benzene rings is 10. The van der Waals surface area contributed by atoms with Crippen LogP contribution in [-0.4, -0.2) is 20.0 Å². The Labute approximate surface area is 456 Å². The molecule has 10 aromatic carbocycles. The molecule has 0 bridgehead atoms. The van der Waals surface area contributed by atoms with E-state index < -0.39 is 0 Å². The van der Waals surface area contributed by atoms with E-state index in [2.05, 4.69) is 336 Å². The number of para-hydroxylation sites is 6. The molecule has 0 aliphatic carbocycles. The number of hydrogen-bond acceptors (Lipinski definition) is 12. The monoisotopic (exact) mass is 1020 g/mol. The van der Waals surface area contributed by atoms with Gasteiger partial charge in [-0.3, -0.25) is 30.1 Å². The van der Waals surface area contributed by atoms with Crippen molar-refractivity contribution in [3.8, 4) is 33.4 Å². The first kappa shape index (κ1) is 48.4. The van der Waals surface area contributed by atoms with Gasteiger partial charge in [-0.1, -0.05) is 182 Å². The maximum Gasteiger partial charge on any atom is 0.120 e. The molecule has 78 heavy (non-hydrogen) atoms. The summed E-state index contributed by atoms with van der Waals surface area (Å²) in [5.41, 5.74) is 39.2. The van der Waals surface area contributed by atoms with E-state index in [9.17, 15) is 0 Å². The Morgan fingerprint density at radius 1 is 0.205 bits per heavy atom. The third-order valence-corrected chi connectivity index (χ3v) is 14.6. The first-order valence-electron chi connectivity index (χ1n) is 26.6. The van der Waals surface area contributed by atoms with Crippen molar-refractivity contribution in [2.45, 2.75) is 18.5 Å². The Morgan fingerprint density at radius 2 is 0.385 bits per heavy atom. The fourth-order valence-electron chi connectivity index (χ4n) is 10.5. The number of hydrazine groups is 6. The van der Waals surface area contributed by atoms with Gasteiger partial charge in [0.2, 0.25) is 0 Å². The molecule has 384 valence electrons. The highest BCUT2D eigenvalue weighted by Crippen LogP contribution is 2.36. The predicted molar refractivity (Wildman–Crippen MR) is 318 cm³/mol. The van der Waals surface area contributed by atoms with E-state index in [1.807, 2.05) is 0 Å². The van der Waals surface area contributed by atoms with Crippen molar-refractivity contribution < 1.29 is 0 Å². The first-order valence-corrected chi connectivity index (χ1v) is 26.6. The number of nitrogens with zero attached hydrogens (tertiary/aromatic N) is 6. The summed E-state index contributed by atoms with van der Waals surface area (Å²) in [5, 5.41) is 13.2. The van der Waals surface area contributed by atoms with E-state index in [1.165, 1.54) is 0 Å². The number of rotatable bonds is 12. The van der Waals surface area contributed by atoms with E-state index in [0.717, 1.165) is 84.2 Å². The zero-order valence-corrected chi connectivity index (χ0v) is 43.0. The fraction of sp³-hybridized carbons (Fsp3) is 0.0909. The Hall–Kier alpha value is -9.24. The Balaban J connectivity index is 0.827. The maximum absolute atomic E-state index is 3.76. The lowest BCUT2D eigenvalue weighted by atomic mass is 9.92. The highest BCUT2D eigenvalue weighted by Gasteiger charge is 2.29. The van der Waals surface area contributed by atoms with Gasteiger partial charge in [0, 0.05) is 0 Å². The van der Waals surface area contributed by atoms with E-state index in [4.69, 9.17) is 0 Å². The van der Waals surface area contributed by atoms with Gasteiger partial charge in [0.25, 0.3) is 0 Å². The average molecular weight is 1020 g/mol. The molecule has 6 N–H and O–H groups in total. The topological polar surface area (TPSA) is 91.6 Å². The summed E-state index contributed by atoms with van der Waals surface area (Å²) in [6.07, 6.45) is -0.562. The Kier molecular flexibility index (Phi) is 13.7. The van der Waals surface area contributed by atoms with Crippen LogP contribution in [0.15, 0.2) is 273 Å². The molecule has 3 aliphatic rings. The van der Waals surface area contributed by atoms with Crippen molar-refractivity contribution in [3.05, 3.63) is 290 Å².